The molecule has 5 rings (SSSR count). The lowest BCUT2D eigenvalue weighted by atomic mass is 10.3. The molecule has 0 atom stereocenters. The van der Waals surface area contributed by atoms with Crippen molar-refractivity contribution in [2.45, 2.75) is 29.9 Å². The number of hydrogen-bond acceptors (Lipinski definition) is 8. The van der Waals surface area contributed by atoms with Crippen LogP contribution in [0, 0.1) is 12.3 Å². The number of aryl methyl sites for hydroxylation is 3. The van der Waals surface area contributed by atoms with E-state index in [4.69, 9.17) is 19.9 Å². The predicted octanol–water partition coefficient (Wildman–Crippen LogP) is 3.89. The van der Waals surface area contributed by atoms with E-state index in [0.717, 1.165) is 33.8 Å². The molecule has 11 heteroatoms. The minimum atomic E-state index is 0.175. The van der Waals surface area contributed by atoms with Gasteiger partial charge < -0.3 is 19.0 Å². The van der Waals surface area contributed by atoms with Crippen LogP contribution in [0.3, 0.4) is 0 Å². The summed E-state index contributed by atoms with van der Waals surface area (Å²) in [4.78, 5) is 18.7. The highest BCUT2D eigenvalue weighted by molar-refractivity contribution is 9.10. The van der Waals surface area contributed by atoms with Gasteiger partial charge in [-0.3, -0.25) is 5.41 Å². The summed E-state index contributed by atoms with van der Waals surface area (Å²) in [5, 5.41) is 8.83. The molecular formula is C18H15BrN6O2S2. The van der Waals surface area contributed by atoms with Crippen molar-refractivity contribution >= 4 is 50.2 Å². The van der Waals surface area contributed by atoms with Crippen LogP contribution in [0.5, 0.6) is 11.5 Å². The zero-order valence-corrected chi connectivity index (χ0v) is 18.4. The van der Waals surface area contributed by atoms with Crippen LogP contribution in [0.25, 0.3) is 11.2 Å². The van der Waals surface area contributed by atoms with Gasteiger partial charge in [0.2, 0.25) is 6.79 Å². The van der Waals surface area contributed by atoms with E-state index in [1.807, 2.05) is 29.1 Å². The van der Waals surface area contributed by atoms with Crippen molar-refractivity contribution in [1.82, 2.24) is 24.5 Å². The van der Waals surface area contributed by atoms with Crippen molar-refractivity contribution in [3.8, 4) is 11.5 Å². The molecule has 0 aliphatic carbocycles. The normalized spacial score (nSPS) is 12.8. The molecule has 0 amide bonds. The predicted molar refractivity (Wildman–Crippen MR) is 113 cm³/mol. The first-order chi connectivity index (χ1) is 14.1. The zero-order valence-electron chi connectivity index (χ0n) is 15.2. The minimum absolute atomic E-state index is 0.175. The summed E-state index contributed by atoms with van der Waals surface area (Å²) in [7, 11) is 0. The highest BCUT2D eigenvalue weighted by Gasteiger charge is 2.18. The number of aromatic amines is 1. The van der Waals surface area contributed by atoms with Crippen molar-refractivity contribution < 1.29 is 9.47 Å². The fourth-order valence-corrected chi connectivity index (χ4v) is 5.19. The van der Waals surface area contributed by atoms with Gasteiger partial charge in [0.25, 0.3) is 0 Å². The number of nitrogens with zero attached hydrogens (tertiary/aromatic N) is 4. The third-order valence-corrected chi connectivity index (χ3v) is 7.41. The monoisotopic (exact) mass is 490 g/mol. The van der Waals surface area contributed by atoms with Gasteiger partial charge in [-0.2, -0.15) is 0 Å². The van der Waals surface area contributed by atoms with Gasteiger partial charge in [-0.25, -0.2) is 15.0 Å². The summed E-state index contributed by atoms with van der Waals surface area (Å²) in [5.41, 5.74) is 4.43. The second kappa shape index (κ2) is 7.47. The van der Waals surface area contributed by atoms with Crippen LogP contribution in [0.15, 0.2) is 38.5 Å². The molecule has 4 aromatic rings. The van der Waals surface area contributed by atoms with Crippen LogP contribution in [0.4, 0.5) is 0 Å². The van der Waals surface area contributed by atoms with E-state index in [0.29, 0.717) is 22.1 Å². The van der Waals surface area contributed by atoms with Crippen LogP contribution in [-0.2, 0) is 13.0 Å². The lowest BCUT2D eigenvalue weighted by Crippen LogP contribution is -2.13. The number of fused-ring (bicyclic) bond motifs is 2. The van der Waals surface area contributed by atoms with E-state index in [2.05, 4.69) is 30.9 Å². The zero-order chi connectivity index (χ0) is 20.0. The SMILES string of the molecule is Cc1ncsc1CCn1cnc(=N)c2[nH]c(Sc3cc4c(cc3Br)OCO4)nc21. The quantitative estimate of drug-likeness (QED) is 0.439. The molecule has 0 spiro atoms. The lowest BCUT2D eigenvalue weighted by Gasteiger charge is -2.06. The molecule has 0 saturated carbocycles. The maximum Gasteiger partial charge on any atom is 0.231 e. The molecule has 0 unspecified atom stereocenters. The smallest absolute Gasteiger partial charge is 0.231 e. The summed E-state index contributed by atoms with van der Waals surface area (Å²) in [6.45, 7) is 2.97. The van der Waals surface area contributed by atoms with Gasteiger partial charge in [-0.15, -0.1) is 11.3 Å². The number of H-pyrrole nitrogens is 1. The van der Waals surface area contributed by atoms with Gasteiger partial charge in [0.1, 0.15) is 5.52 Å². The molecule has 8 nitrogen and oxygen atoms in total. The summed E-state index contributed by atoms with van der Waals surface area (Å²) in [6, 6.07) is 3.81. The van der Waals surface area contributed by atoms with E-state index >= 15 is 0 Å². The Morgan fingerprint density at radius 3 is 2.93 bits per heavy atom. The van der Waals surface area contributed by atoms with Crippen LogP contribution >= 0.6 is 39.0 Å². The molecule has 4 heterocycles. The van der Waals surface area contributed by atoms with Crippen molar-refractivity contribution in [3.05, 3.63) is 44.5 Å². The van der Waals surface area contributed by atoms with Crippen molar-refractivity contribution in [2.24, 2.45) is 0 Å². The molecule has 0 fully saturated rings. The molecule has 2 N–H and O–H groups in total. The third-order valence-electron chi connectivity index (χ3n) is 4.56. The molecule has 1 aliphatic heterocycles. The second-order valence-electron chi connectivity index (χ2n) is 6.38. The second-order valence-corrected chi connectivity index (χ2v) is 9.20. The molecule has 29 heavy (non-hydrogen) atoms. The minimum Gasteiger partial charge on any atom is -0.454 e. The fraction of sp³-hybridized carbons (Fsp3) is 0.222. The Balaban J connectivity index is 1.46. The van der Waals surface area contributed by atoms with Crippen LogP contribution in [0.2, 0.25) is 0 Å². The average molecular weight is 491 g/mol. The highest BCUT2D eigenvalue weighted by atomic mass is 79.9. The molecule has 3 aromatic heterocycles. The Bertz CT molecular complexity index is 1280. The summed E-state index contributed by atoms with van der Waals surface area (Å²) < 4.78 is 13.7. The van der Waals surface area contributed by atoms with E-state index < -0.39 is 0 Å². The van der Waals surface area contributed by atoms with E-state index in [9.17, 15) is 0 Å². The first-order valence-corrected chi connectivity index (χ1v) is 11.2. The topological polar surface area (TPSA) is 102 Å². The first-order valence-electron chi connectivity index (χ1n) is 8.74. The van der Waals surface area contributed by atoms with Crippen molar-refractivity contribution in [3.63, 3.8) is 0 Å². The number of rotatable bonds is 5. The number of nitrogens with one attached hydrogen (secondary N) is 2. The third kappa shape index (κ3) is 3.53. The number of benzene rings is 1. The number of hydrogen-bond donors (Lipinski definition) is 2. The fourth-order valence-electron chi connectivity index (χ4n) is 3.04. The van der Waals surface area contributed by atoms with Gasteiger partial charge in [-0.05, 0) is 35.0 Å². The number of imidazole rings is 1. The summed E-state index contributed by atoms with van der Waals surface area (Å²) >= 11 is 6.69. The lowest BCUT2D eigenvalue weighted by molar-refractivity contribution is 0.174. The Kier molecular flexibility index (Phi) is 4.80. The van der Waals surface area contributed by atoms with Crippen LogP contribution in [-0.4, -0.2) is 31.3 Å². The van der Waals surface area contributed by atoms with E-state index in [1.54, 1.807) is 17.7 Å². The van der Waals surface area contributed by atoms with Gasteiger partial charge in [-0.1, -0.05) is 11.8 Å². The van der Waals surface area contributed by atoms with Crippen molar-refractivity contribution in [2.75, 3.05) is 6.79 Å². The maximum absolute atomic E-state index is 8.14. The van der Waals surface area contributed by atoms with Gasteiger partial charge in [0, 0.05) is 27.2 Å². The van der Waals surface area contributed by atoms with Crippen LogP contribution in [0.1, 0.15) is 10.6 Å². The Labute approximate surface area is 182 Å². The Morgan fingerprint density at radius 1 is 1.31 bits per heavy atom. The van der Waals surface area contributed by atoms with Gasteiger partial charge in [0.15, 0.2) is 27.8 Å². The summed E-state index contributed by atoms with van der Waals surface area (Å²) in [5.74, 6) is 1.43. The molecular weight excluding hydrogens is 476 g/mol. The van der Waals surface area contributed by atoms with Gasteiger partial charge >= 0.3 is 0 Å². The van der Waals surface area contributed by atoms with Crippen LogP contribution < -0.4 is 15.0 Å². The molecule has 0 saturated heterocycles. The molecule has 148 valence electrons. The summed E-state index contributed by atoms with van der Waals surface area (Å²) in [6.07, 6.45) is 2.52. The standard InChI is InChI=1S/C18H15BrN6O2S2/c1-9-13(28-7-22-9)2-3-25-6-21-16(20)15-17(25)24-18(23-15)29-14-5-12-11(4-10(14)19)26-8-27-12/h4-7,20H,2-3,8H2,1H3,(H,23,24). The number of aromatic nitrogens is 5. The molecule has 1 aromatic carbocycles. The maximum atomic E-state index is 8.14. The molecule has 0 bridgehead atoms. The van der Waals surface area contributed by atoms with Crippen molar-refractivity contribution in [1.29, 1.82) is 5.41 Å². The first kappa shape index (κ1) is 18.6. The number of halogens is 1. The average Bonchev–Trinajstić information content (AvgIpc) is 3.42. The number of thiazole rings is 1. The van der Waals surface area contributed by atoms with E-state index in [1.165, 1.54) is 16.6 Å². The Morgan fingerprint density at radius 2 is 2.14 bits per heavy atom. The molecule has 1 aliphatic rings. The van der Waals surface area contributed by atoms with Gasteiger partial charge in [0.05, 0.1) is 17.5 Å². The number of ether oxygens (including phenoxy) is 2. The van der Waals surface area contributed by atoms with E-state index in [-0.39, 0.29) is 12.3 Å². The largest absolute Gasteiger partial charge is 0.454 e. The Hall–Kier alpha value is -2.37. The molecule has 0 radical (unpaired) electrons. The highest BCUT2D eigenvalue weighted by Crippen LogP contribution is 2.42.